The van der Waals surface area contributed by atoms with Gasteiger partial charge in [-0.05, 0) is 36.4 Å². The maximum Gasteiger partial charge on any atom is 0.188 e. The highest BCUT2D eigenvalue weighted by Crippen LogP contribution is 2.33. The van der Waals surface area contributed by atoms with E-state index < -0.39 is 0 Å². The topological polar surface area (TPSA) is 57.9 Å². The molecule has 0 unspecified atom stereocenters. The van der Waals surface area contributed by atoms with Crippen LogP contribution in [-0.2, 0) is 0 Å². The molecule has 0 saturated heterocycles. The number of nitrogens with zero attached hydrogens (tertiary/aromatic N) is 2. The number of nitriles is 1. The van der Waals surface area contributed by atoms with Crippen molar-refractivity contribution in [3.8, 4) is 11.8 Å². The van der Waals surface area contributed by atoms with Gasteiger partial charge in [0.05, 0.1) is 39.7 Å². The lowest BCUT2D eigenvalue weighted by molar-refractivity contribution is 0.415. The maximum absolute atomic E-state index is 8.94. The number of methoxy groups -OCH3 is 1. The van der Waals surface area contributed by atoms with Gasteiger partial charge in [0, 0.05) is 0 Å². The standard InChI is InChI=1S/C15H10ClN3OS/c1-20-10-3-5-12-14(7-10)21-15(18-12)19-13-6-9(8-17)2-4-11(13)16/h2-7H,1H3,(H,18,19). The van der Waals surface area contributed by atoms with Gasteiger partial charge in [-0.25, -0.2) is 4.98 Å². The highest BCUT2D eigenvalue weighted by atomic mass is 35.5. The summed E-state index contributed by atoms with van der Waals surface area (Å²) in [6, 6.07) is 12.9. The third-order valence-corrected chi connectivity index (χ3v) is 4.20. The van der Waals surface area contributed by atoms with Crippen molar-refractivity contribution in [1.29, 1.82) is 5.26 Å². The Kier molecular flexibility index (Phi) is 3.65. The van der Waals surface area contributed by atoms with Crippen molar-refractivity contribution in [2.24, 2.45) is 0 Å². The highest BCUT2D eigenvalue weighted by molar-refractivity contribution is 7.22. The molecular weight excluding hydrogens is 306 g/mol. The normalized spacial score (nSPS) is 10.3. The van der Waals surface area contributed by atoms with Gasteiger partial charge in [-0.1, -0.05) is 22.9 Å². The number of aromatic nitrogens is 1. The number of fused-ring (bicyclic) bond motifs is 1. The first-order chi connectivity index (χ1) is 10.2. The molecule has 3 aromatic rings. The Hall–Kier alpha value is -2.29. The van der Waals surface area contributed by atoms with E-state index in [-0.39, 0.29) is 0 Å². The Labute approximate surface area is 130 Å². The summed E-state index contributed by atoms with van der Waals surface area (Å²) >= 11 is 7.63. The summed E-state index contributed by atoms with van der Waals surface area (Å²) in [5.41, 5.74) is 2.10. The quantitative estimate of drug-likeness (QED) is 0.769. The number of hydrogen-bond acceptors (Lipinski definition) is 5. The van der Waals surface area contributed by atoms with Gasteiger partial charge in [-0.15, -0.1) is 0 Å². The second-order valence-electron chi connectivity index (χ2n) is 4.28. The SMILES string of the molecule is COc1ccc2nc(Nc3cc(C#N)ccc3Cl)sc2c1. The zero-order valence-corrected chi connectivity index (χ0v) is 12.6. The summed E-state index contributed by atoms with van der Waals surface area (Å²) in [6.07, 6.45) is 0. The van der Waals surface area contributed by atoms with Gasteiger partial charge in [0.2, 0.25) is 0 Å². The fourth-order valence-corrected chi connectivity index (χ4v) is 2.96. The molecule has 0 amide bonds. The number of benzene rings is 2. The van der Waals surface area contributed by atoms with Crippen molar-refractivity contribution in [3.05, 3.63) is 47.0 Å². The van der Waals surface area contributed by atoms with Crippen LogP contribution >= 0.6 is 22.9 Å². The van der Waals surface area contributed by atoms with Crippen LogP contribution in [0, 0.1) is 11.3 Å². The number of anilines is 2. The number of hydrogen-bond donors (Lipinski definition) is 1. The van der Waals surface area contributed by atoms with E-state index >= 15 is 0 Å². The van der Waals surface area contributed by atoms with Crippen LogP contribution in [0.3, 0.4) is 0 Å². The molecule has 0 aliphatic carbocycles. The molecule has 1 N–H and O–H groups in total. The molecule has 0 bridgehead atoms. The van der Waals surface area contributed by atoms with E-state index in [0.717, 1.165) is 21.1 Å². The third kappa shape index (κ3) is 2.77. The van der Waals surface area contributed by atoms with Crippen molar-refractivity contribution < 1.29 is 4.74 Å². The second kappa shape index (κ2) is 5.60. The summed E-state index contributed by atoms with van der Waals surface area (Å²) in [6.45, 7) is 0. The fraction of sp³-hybridized carbons (Fsp3) is 0.0667. The van der Waals surface area contributed by atoms with Gasteiger partial charge < -0.3 is 10.1 Å². The number of nitrogens with one attached hydrogen (secondary N) is 1. The molecule has 104 valence electrons. The van der Waals surface area contributed by atoms with Gasteiger partial charge >= 0.3 is 0 Å². The monoisotopic (exact) mass is 315 g/mol. The molecule has 1 heterocycles. The van der Waals surface area contributed by atoms with Crippen LogP contribution in [0.25, 0.3) is 10.2 Å². The first-order valence-corrected chi connectivity index (χ1v) is 7.30. The molecule has 0 spiro atoms. The Balaban J connectivity index is 1.96. The summed E-state index contributed by atoms with van der Waals surface area (Å²) in [4.78, 5) is 4.49. The second-order valence-corrected chi connectivity index (χ2v) is 5.72. The van der Waals surface area contributed by atoms with Crippen LogP contribution < -0.4 is 10.1 Å². The van der Waals surface area contributed by atoms with Gasteiger partial charge in [0.25, 0.3) is 0 Å². The first kappa shape index (κ1) is 13.7. The fourth-order valence-electron chi connectivity index (χ4n) is 1.89. The first-order valence-electron chi connectivity index (χ1n) is 6.11. The van der Waals surface area contributed by atoms with Crippen LogP contribution in [0.4, 0.5) is 10.8 Å². The van der Waals surface area contributed by atoms with Crippen molar-refractivity contribution in [3.63, 3.8) is 0 Å². The van der Waals surface area contributed by atoms with E-state index in [2.05, 4.69) is 16.4 Å². The molecule has 21 heavy (non-hydrogen) atoms. The average molecular weight is 316 g/mol. The number of ether oxygens (including phenoxy) is 1. The molecule has 3 rings (SSSR count). The Morgan fingerprint density at radius 2 is 2.14 bits per heavy atom. The Morgan fingerprint density at radius 3 is 2.90 bits per heavy atom. The molecular formula is C15H10ClN3OS. The van der Waals surface area contributed by atoms with Crippen LogP contribution in [0.2, 0.25) is 5.02 Å². The van der Waals surface area contributed by atoms with E-state index in [0.29, 0.717) is 16.3 Å². The zero-order chi connectivity index (χ0) is 14.8. The minimum Gasteiger partial charge on any atom is -0.497 e. The Morgan fingerprint density at radius 1 is 1.29 bits per heavy atom. The van der Waals surface area contributed by atoms with Gasteiger partial charge in [0.1, 0.15) is 5.75 Å². The van der Waals surface area contributed by atoms with Crippen LogP contribution in [0.15, 0.2) is 36.4 Å². The predicted octanol–water partition coefficient (Wildman–Crippen LogP) is 4.57. The predicted molar refractivity (Wildman–Crippen MR) is 85.6 cm³/mol. The molecule has 0 aliphatic rings. The van der Waals surface area contributed by atoms with E-state index in [1.54, 1.807) is 25.3 Å². The van der Waals surface area contributed by atoms with Crippen molar-refractivity contribution in [1.82, 2.24) is 4.98 Å². The molecule has 6 heteroatoms. The van der Waals surface area contributed by atoms with Gasteiger partial charge in [-0.2, -0.15) is 5.26 Å². The highest BCUT2D eigenvalue weighted by Gasteiger charge is 2.08. The van der Waals surface area contributed by atoms with Gasteiger partial charge in [0.15, 0.2) is 5.13 Å². The summed E-state index contributed by atoms with van der Waals surface area (Å²) in [5.74, 6) is 0.794. The minimum atomic E-state index is 0.546. The van der Waals surface area contributed by atoms with Crippen molar-refractivity contribution in [2.45, 2.75) is 0 Å². The molecule has 0 aliphatic heterocycles. The summed E-state index contributed by atoms with van der Waals surface area (Å²) in [7, 11) is 1.63. The van der Waals surface area contributed by atoms with Crippen molar-refractivity contribution in [2.75, 3.05) is 12.4 Å². The third-order valence-electron chi connectivity index (χ3n) is 2.93. The molecule has 0 atom stereocenters. The van der Waals surface area contributed by atoms with Crippen molar-refractivity contribution >= 4 is 44.0 Å². The summed E-state index contributed by atoms with van der Waals surface area (Å²) < 4.78 is 6.22. The lowest BCUT2D eigenvalue weighted by atomic mass is 10.2. The maximum atomic E-state index is 8.94. The van der Waals surface area contributed by atoms with E-state index in [1.165, 1.54) is 11.3 Å². The van der Waals surface area contributed by atoms with Crippen LogP contribution in [0.5, 0.6) is 5.75 Å². The molecule has 1 aromatic heterocycles. The van der Waals surface area contributed by atoms with Gasteiger partial charge in [-0.3, -0.25) is 0 Å². The number of thiazole rings is 1. The van der Waals surface area contributed by atoms with E-state index in [1.807, 2.05) is 18.2 Å². The minimum absolute atomic E-state index is 0.546. The summed E-state index contributed by atoms with van der Waals surface area (Å²) in [5, 5.41) is 13.4. The molecule has 0 saturated carbocycles. The van der Waals surface area contributed by atoms with Crippen LogP contribution in [-0.4, -0.2) is 12.1 Å². The average Bonchev–Trinajstić information content (AvgIpc) is 2.90. The molecule has 0 radical (unpaired) electrons. The van der Waals surface area contributed by atoms with E-state index in [4.69, 9.17) is 21.6 Å². The molecule has 2 aromatic carbocycles. The lowest BCUT2D eigenvalue weighted by Gasteiger charge is -2.04. The smallest absolute Gasteiger partial charge is 0.188 e. The molecule has 0 fully saturated rings. The lowest BCUT2D eigenvalue weighted by Crippen LogP contribution is -1.91. The number of rotatable bonds is 3. The Bertz CT molecular complexity index is 854. The largest absolute Gasteiger partial charge is 0.497 e. The number of halogens is 1. The van der Waals surface area contributed by atoms with Crippen LogP contribution in [0.1, 0.15) is 5.56 Å². The molecule has 4 nitrogen and oxygen atoms in total. The van der Waals surface area contributed by atoms with E-state index in [9.17, 15) is 0 Å². The zero-order valence-electron chi connectivity index (χ0n) is 11.1.